The van der Waals surface area contributed by atoms with Gasteiger partial charge in [-0.15, -0.1) is 0 Å². The molecule has 0 bridgehead atoms. The predicted octanol–water partition coefficient (Wildman–Crippen LogP) is 0.0335. The number of nitrogens with two attached hydrogens (primary N) is 2. The molecule has 6 heteroatoms. The number of rotatable bonds is 5. The third-order valence-corrected chi connectivity index (χ3v) is 3.47. The van der Waals surface area contributed by atoms with Crippen LogP contribution in [0.25, 0.3) is 0 Å². The average molecular weight is 276 g/mol. The molecule has 2 rings (SSSR count). The van der Waals surface area contributed by atoms with Crippen LogP contribution in [-0.4, -0.2) is 35.8 Å². The number of carbonyl (C=O) groups is 2. The summed E-state index contributed by atoms with van der Waals surface area (Å²) in [6.45, 7) is 1.48. The van der Waals surface area contributed by atoms with Crippen molar-refractivity contribution in [2.24, 2.45) is 11.5 Å². The van der Waals surface area contributed by atoms with Crippen LogP contribution in [0.4, 0.5) is 5.69 Å². The molecule has 0 aromatic heterocycles. The van der Waals surface area contributed by atoms with Gasteiger partial charge in [-0.05, 0) is 37.1 Å². The normalized spacial score (nSPS) is 18.9. The van der Waals surface area contributed by atoms with E-state index in [9.17, 15) is 9.59 Å². The van der Waals surface area contributed by atoms with E-state index in [0.29, 0.717) is 12.2 Å². The molecule has 6 nitrogen and oxygen atoms in total. The highest BCUT2D eigenvalue weighted by atomic mass is 16.2. The van der Waals surface area contributed by atoms with Crippen LogP contribution in [0, 0.1) is 0 Å². The maximum atomic E-state index is 11.4. The van der Waals surface area contributed by atoms with Crippen molar-refractivity contribution in [3.63, 3.8) is 0 Å². The van der Waals surface area contributed by atoms with Gasteiger partial charge in [0.25, 0.3) is 0 Å². The molecule has 1 aliphatic rings. The van der Waals surface area contributed by atoms with Gasteiger partial charge in [-0.2, -0.15) is 0 Å². The minimum Gasteiger partial charge on any atom is -0.368 e. The van der Waals surface area contributed by atoms with Crippen LogP contribution >= 0.6 is 0 Å². The first-order valence-corrected chi connectivity index (χ1v) is 6.72. The molecule has 1 atom stereocenters. The summed E-state index contributed by atoms with van der Waals surface area (Å²) in [6.07, 6.45) is 1.80. The first-order chi connectivity index (χ1) is 9.60. The van der Waals surface area contributed by atoms with Crippen molar-refractivity contribution in [1.82, 2.24) is 4.90 Å². The molecule has 1 saturated heterocycles. The maximum absolute atomic E-state index is 11.4. The SMILES string of the molecule is NCC(=O)Nc1cccc(CN2CCCC2C(N)=O)c1. The van der Waals surface area contributed by atoms with Gasteiger partial charge in [0.05, 0.1) is 12.6 Å². The quantitative estimate of drug-likeness (QED) is 0.706. The minimum absolute atomic E-state index is 0.0416. The number of carbonyl (C=O) groups excluding carboxylic acids is 2. The molecule has 1 aromatic carbocycles. The molecule has 20 heavy (non-hydrogen) atoms. The summed E-state index contributed by atoms with van der Waals surface area (Å²) in [7, 11) is 0. The molecule has 1 fully saturated rings. The van der Waals surface area contributed by atoms with E-state index in [1.54, 1.807) is 0 Å². The summed E-state index contributed by atoms with van der Waals surface area (Å²) in [4.78, 5) is 24.7. The molecule has 1 unspecified atom stereocenters. The molecule has 108 valence electrons. The van der Waals surface area contributed by atoms with E-state index in [1.165, 1.54) is 0 Å². The Morgan fingerprint density at radius 3 is 2.90 bits per heavy atom. The van der Waals surface area contributed by atoms with Crippen LogP contribution in [0.15, 0.2) is 24.3 Å². The molecule has 1 aliphatic heterocycles. The summed E-state index contributed by atoms with van der Waals surface area (Å²) in [5.41, 5.74) is 12.4. The highest BCUT2D eigenvalue weighted by Crippen LogP contribution is 2.21. The Kier molecular flexibility index (Phi) is 4.70. The molecular weight excluding hydrogens is 256 g/mol. The number of nitrogens with zero attached hydrogens (tertiary/aromatic N) is 1. The molecule has 0 spiro atoms. The zero-order chi connectivity index (χ0) is 14.5. The molecule has 0 saturated carbocycles. The van der Waals surface area contributed by atoms with Crippen molar-refractivity contribution < 1.29 is 9.59 Å². The third kappa shape index (κ3) is 3.55. The lowest BCUT2D eigenvalue weighted by atomic mass is 10.1. The van der Waals surface area contributed by atoms with Gasteiger partial charge >= 0.3 is 0 Å². The van der Waals surface area contributed by atoms with Crippen molar-refractivity contribution in [2.45, 2.75) is 25.4 Å². The van der Waals surface area contributed by atoms with Gasteiger partial charge in [0, 0.05) is 12.2 Å². The van der Waals surface area contributed by atoms with Crippen LogP contribution in [0.2, 0.25) is 0 Å². The summed E-state index contributed by atoms with van der Waals surface area (Å²) < 4.78 is 0. The fourth-order valence-corrected chi connectivity index (χ4v) is 2.53. The van der Waals surface area contributed by atoms with Gasteiger partial charge in [0.1, 0.15) is 0 Å². The van der Waals surface area contributed by atoms with Crippen molar-refractivity contribution in [1.29, 1.82) is 0 Å². The molecule has 0 aliphatic carbocycles. The van der Waals surface area contributed by atoms with Crippen LogP contribution in [-0.2, 0) is 16.1 Å². The Bertz CT molecular complexity index is 504. The molecule has 1 heterocycles. The van der Waals surface area contributed by atoms with Gasteiger partial charge in [0.15, 0.2) is 0 Å². The van der Waals surface area contributed by atoms with E-state index < -0.39 is 0 Å². The third-order valence-electron chi connectivity index (χ3n) is 3.47. The lowest BCUT2D eigenvalue weighted by Crippen LogP contribution is -2.39. The van der Waals surface area contributed by atoms with Gasteiger partial charge in [-0.1, -0.05) is 12.1 Å². The molecule has 0 radical (unpaired) electrons. The van der Waals surface area contributed by atoms with E-state index in [0.717, 1.165) is 24.9 Å². The monoisotopic (exact) mass is 276 g/mol. The molecular formula is C14H20N4O2. The summed E-state index contributed by atoms with van der Waals surface area (Å²) in [5, 5.41) is 2.72. The number of benzene rings is 1. The summed E-state index contributed by atoms with van der Waals surface area (Å²) in [5.74, 6) is -0.492. The summed E-state index contributed by atoms with van der Waals surface area (Å²) in [6, 6.07) is 7.36. The van der Waals surface area contributed by atoms with Crippen molar-refractivity contribution in [2.75, 3.05) is 18.4 Å². The maximum Gasteiger partial charge on any atom is 0.238 e. The number of amides is 2. The van der Waals surface area contributed by atoms with Crippen LogP contribution in [0.5, 0.6) is 0 Å². The second-order valence-corrected chi connectivity index (χ2v) is 4.98. The standard InChI is InChI=1S/C14H20N4O2/c15-8-13(19)17-11-4-1-3-10(7-11)9-18-6-2-5-12(18)14(16)20/h1,3-4,7,12H,2,5-6,8-9,15H2,(H2,16,20)(H,17,19). The van der Waals surface area contributed by atoms with Crippen molar-refractivity contribution in [3.05, 3.63) is 29.8 Å². The van der Waals surface area contributed by atoms with E-state index in [4.69, 9.17) is 11.5 Å². The topological polar surface area (TPSA) is 101 Å². The zero-order valence-electron chi connectivity index (χ0n) is 11.3. The average Bonchev–Trinajstić information content (AvgIpc) is 2.87. The fraction of sp³-hybridized carbons (Fsp3) is 0.429. The number of primary amides is 1. The number of nitrogens with one attached hydrogen (secondary N) is 1. The smallest absolute Gasteiger partial charge is 0.238 e. The number of hydrogen-bond acceptors (Lipinski definition) is 4. The first-order valence-electron chi connectivity index (χ1n) is 6.72. The second kappa shape index (κ2) is 6.49. The Morgan fingerprint density at radius 2 is 2.20 bits per heavy atom. The Hall–Kier alpha value is -1.92. The summed E-state index contributed by atoms with van der Waals surface area (Å²) >= 11 is 0. The van der Waals surface area contributed by atoms with E-state index in [1.807, 2.05) is 24.3 Å². The predicted molar refractivity (Wildman–Crippen MR) is 76.8 cm³/mol. The fourth-order valence-electron chi connectivity index (χ4n) is 2.53. The van der Waals surface area contributed by atoms with E-state index >= 15 is 0 Å². The largest absolute Gasteiger partial charge is 0.368 e. The number of likely N-dealkylation sites (tertiary alicyclic amines) is 1. The van der Waals surface area contributed by atoms with E-state index in [2.05, 4.69) is 10.2 Å². The Morgan fingerprint density at radius 1 is 1.40 bits per heavy atom. The van der Waals surface area contributed by atoms with E-state index in [-0.39, 0.29) is 24.4 Å². The molecule has 2 amide bonds. The highest BCUT2D eigenvalue weighted by Gasteiger charge is 2.28. The Labute approximate surface area is 118 Å². The minimum atomic E-state index is -0.268. The van der Waals surface area contributed by atoms with Crippen LogP contribution in [0.3, 0.4) is 0 Å². The first kappa shape index (κ1) is 14.5. The lowest BCUT2D eigenvalue weighted by molar-refractivity contribution is -0.122. The number of anilines is 1. The van der Waals surface area contributed by atoms with Crippen molar-refractivity contribution >= 4 is 17.5 Å². The van der Waals surface area contributed by atoms with Gasteiger partial charge in [0.2, 0.25) is 11.8 Å². The van der Waals surface area contributed by atoms with Crippen LogP contribution in [0.1, 0.15) is 18.4 Å². The lowest BCUT2D eigenvalue weighted by Gasteiger charge is -2.22. The van der Waals surface area contributed by atoms with Gasteiger partial charge < -0.3 is 16.8 Å². The van der Waals surface area contributed by atoms with Crippen LogP contribution < -0.4 is 16.8 Å². The van der Waals surface area contributed by atoms with Gasteiger partial charge in [-0.25, -0.2) is 0 Å². The van der Waals surface area contributed by atoms with Gasteiger partial charge in [-0.3, -0.25) is 14.5 Å². The molecule has 5 N–H and O–H groups in total. The highest BCUT2D eigenvalue weighted by molar-refractivity contribution is 5.92. The molecule has 1 aromatic rings. The zero-order valence-corrected chi connectivity index (χ0v) is 11.3. The van der Waals surface area contributed by atoms with Crippen molar-refractivity contribution in [3.8, 4) is 0 Å². The number of hydrogen-bond donors (Lipinski definition) is 3. The Balaban J connectivity index is 2.04. The second-order valence-electron chi connectivity index (χ2n) is 4.98.